The van der Waals surface area contributed by atoms with Crippen LogP contribution in [0.1, 0.15) is 69.8 Å². The monoisotopic (exact) mass is 521 g/mol. The quantitative estimate of drug-likeness (QED) is 0.504. The molecule has 2 fully saturated rings. The summed E-state index contributed by atoms with van der Waals surface area (Å²) in [6.07, 6.45) is -4.25. The molecule has 4 aliphatic rings. The maximum Gasteiger partial charge on any atom is 0.308 e. The molecule has 3 aliphatic heterocycles. The number of esters is 1. The summed E-state index contributed by atoms with van der Waals surface area (Å²) in [6.45, 7) is 3.67. The van der Waals surface area contributed by atoms with Crippen molar-refractivity contribution in [2.24, 2.45) is 0 Å². The van der Waals surface area contributed by atoms with Crippen LogP contribution >= 0.6 is 0 Å². The Kier molecular flexibility index (Phi) is 5.78. The van der Waals surface area contributed by atoms with Crippen LogP contribution in [0.25, 0.3) is 5.57 Å². The predicted octanol–water partition coefficient (Wildman–Crippen LogP) is 2.38. The van der Waals surface area contributed by atoms with Crippen LogP contribution < -0.4 is 4.74 Å². The second kappa shape index (κ2) is 8.93. The molecular formula is C28H27NO9. The summed E-state index contributed by atoms with van der Waals surface area (Å²) >= 11 is 0. The number of aliphatic hydroxyl groups excluding tert-OH is 2. The number of hydrogen-bond acceptors (Lipinski definition) is 10. The highest BCUT2D eigenvalue weighted by atomic mass is 16.7. The number of Topliss-reactive ketones (excluding diaryl/α,β-unsaturated/α-hetero) is 2. The summed E-state index contributed by atoms with van der Waals surface area (Å²) in [7, 11) is 0. The number of aryl methyl sites for hydroxylation is 1. The van der Waals surface area contributed by atoms with Gasteiger partial charge in [-0.3, -0.25) is 14.4 Å². The Labute approximate surface area is 218 Å². The van der Waals surface area contributed by atoms with E-state index >= 15 is 0 Å². The van der Waals surface area contributed by atoms with Gasteiger partial charge in [0.2, 0.25) is 18.3 Å². The Morgan fingerprint density at radius 3 is 2.63 bits per heavy atom. The van der Waals surface area contributed by atoms with E-state index in [0.717, 1.165) is 0 Å². The molecule has 0 spiro atoms. The van der Waals surface area contributed by atoms with E-state index in [4.69, 9.17) is 14.2 Å². The molecule has 6 rings (SSSR count). The lowest BCUT2D eigenvalue weighted by Crippen LogP contribution is -2.48. The number of phenolic OH excluding ortho intramolecular Hbond substituents is 1. The van der Waals surface area contributed by atoms with Crippen molar-refractivity contribution in [1.82, 2.24) is 4.90 Å². The maximum atomic E-state index is 14.2. The van der Waals surface area contributed by atoms with Gasteiger partial charge in [0.15, 0.2) is 5.78 Å². The van der Waals surface area contributed by atoms with Gasteiger partial charge in [-0.25, -0.2) is 0 Å². The number of carbonyl (C=O) groups is 3. The zero-order valence-corrected chi connectivity index (χ0v) is 20.8. The molecule has 198 valence electrons. The number of benzene rings is 2. The van der Waals surface area contributed by atoms with E-state index in [1.165, 1.54) is 12.1 Å². The van der Waals surface area contributed by atoms with Gasteiger partial charge < -0.3 is 34.4 Å². The molecule has 10 heteroatoms. The average molecular weight is 522 g/mol. The minimum Gasteiger partial charge on any atom is -0.507 e. The first kappa shape index (κ1) is 24.6. The van der Waals surface area contributed by atoms with Crippen LogP contribution in [0, 0.1) is 6.92 Å². The number of phenols is 1. The van der Waals surface area contributed by atoms with Crippen LogP contribution in [-0.4, -0.2) is 68.9 Å². The highest BCUT2D eigenvalue weighted by Gasteiger charge is 2.47. The van der Waals surface area contributed by atoms with Gasteiger partial charge in [-0.1, -0.05) is 12.1 Å². The Hall–Kier alpha value is -3.73. The Bertz CT molecular complexity index is 1400. The molecule has 0 bridgehead atoms. The van der Waals surface area contributed by atoms with Crippen molar-refractivity contribution in [3.63, 3.8) is 0 Å². The van der Waals surface area contributed by atoms with Gasteiger partial charge in [0.1, 0.15) is 23.3 Å². The zero-order chi connectivity index (χ0) is 26.9. The molecule has 0 radical (unpaired) electrons. The van der Waals surface area contributed by atoms with E-state index in [1.807, 2.05) is 0 Å². The number of aliphatic hydroxyl groups is 2. The normalized spacial score (nSPS) is 28.6. The highest BCUT2D eigenvalue weighted by Crippen LogP contribution is 2.50. The summed E-state index contributed by atoms with van der Waals surface area (Å²) < 4.78 is 17.4. The lowest BCUT2D eigenvalue weighted by molar-refractivity contribution is -0.216. The van der Waals surface area contributed by atoms with E-state index in [0.29, 0.717) is 17.5 Å². The van der Waals surface area contributed by atoms with Gasteiger partial charge >= 0.3 is 5.97 Å². The number of hydrogen-bond donors (Lipinski definition) is 3. The Morgan fingerprint density at radius 1 is 1.08 bits per heavy atom. The van der Waals surface area contributed by atoms with Gasteiger partial charge in [-0.15, -0.1) is 0 Å². The Balaban J connectivity index is 1.49. The van der Waals surface area contributed by atoms with Gasteiger partial charge in [-0.05, 0) is 44.0 Å². The first-order valence-corrected chi connectivity index (χ1v) is 12.6. The summed E-state index contributed by atoms with van der Waals surface area (Å²) in [5.74, 6) is -1.50. The SMILES string of the molecule is Cc1cc(O)c2c(c1)C1OC(=O)CCCN1C1=C2C(=O)c2cccc(OC3CC(O)C(O)C(C)O3)c2C1=O. The molecule has 0 amide bonds. The third kappa shape index (κ3) is 3.71. The summed E-state index contributed by atoms with van der Waals surface area (Å²) in [6, 6.07) is 7.90. The van der Waals surface area contributed by atoms with E-state index in [1.54, 1.807) is 36.9 Å². The number of nitrogens with zero attached hydrogens (tertiary/aromatic N) is 1. The molecular weight excluding hydrogens is 494 g/mol. The zero-order valence-electron chi connectivity index (χ0n) is 20.8. The number of rotatable bonds is 2. The molecule has 2 aromatic rings. The average Bonchev–Trinajstić information content (AvgIpc) is 3.06. The molecule has 38 heavy (non-hydrogen) atoms. The van der Waals surface area contributed by atoms with Crippen molar-refractivity contribution in [1.29, 1.82) is 0 Å². The third-order valence-electron chi connectivity index (χ3n) is 7.51. The van der Waals surface area contributed by atoms with Gasteiger partial charge in [-0.2, -0.15) is 0 Å². The molecule has 5 atom stereocenters. The molecule has 0 aromatic heterocycles. The van der Waals surface area contributed by atoms with Crippen molar-refractivity contribution < 1.29 is 43.9 Å². The lowest BCUT2D eigenvalue weighted by atomic mass is 9.78. The molecule has 10 nitrogen and oxygen atoms in total. The highest BCUT2D eigenvalue weighted by molar-refractivity contribution is 6.41. The van der Waals surface area contributed by atoms with Crippen LogP contribution in [0.4, 0.5) is 0 Å². The first-order chi connectivity index (χ1) is 18.2. The largest absolute Gasteiger partial charge is 0.507 e. The lowest BCUT2D eigenvalue weighted by Gasteiger charge is -2.41. The van der Waals surface area contributed by atoms with Crippen LogP contribution in [0.15, 0.2) is 36.0 Å². The van der Waals surface area contributed by atoms with E-state index in [9.17, 15) is 29.7 Å². The van der Waals surface area contributed by atoms with Crippen molar-refractivity contribution >= 4 is 23.1 Å². The summed E-state index contributed by atoms with van der Waals surface area (Å²) in [5, 5.41) is 31.1. The van der Waals surface area contributed by atoms with Crippen LogP contribution in [0.3, 0.4) is 0 Å². The molecule has 5 unspecified atom stereocenters. The van der Waals surface area contributed by atoms with Crippen LogP contribution in [0.5, 0.6) is 11.5 Å². The van der Waals surface area contributed by atoms with Gasteiger partial charge in [0.05, 0.1) is 23.3 Å². The molecule has 2 saturated heterocycles. The van der Waals surface area contributed by atoms with Crippen LogP contribution in [0.2, 0.25) is 0 Å². The van der Waals surface area contributed by atoms with Gasteiger partial charge in [0.25, 0.3) is 0 Å². The molecule has 2 aromatic carbocycles. The molecule has 0 saturated carbocycles. The van der Waals surface area contributed by atoms with E-state index in [2.05, 4.69) is 0 Å². The van der Waals surface area contributed by atoms with Crippen molar-refractivity contribution in [3.05, 3.63) is 63.8 Å². The maximum absolute atomic E-state index is 14.2. The van der Waals surface area contributed by atoms with Crippen molar-refractivity contribution in [2.75, 3.05) is 6.54 Å². The fourth-order valence-electron chi connectivity index (χ4n) is 5.76. The number of aromatic hydroxyl groups is 1. The van der Waals surface area contributed by atoms with Crippen molar-refractivity contribution in [2.45, 2.75) is 63.9 Å². The summed E-state index contributed by atoms with van der Waals surface area (Å²) in [4.78, 5) is 42.2. The predicted molar refractivity (Wildman–Crippen MR) is 131 cm³/mol. The number of carbonyl (C=O) groups excluding carboxylic acids is 3. The summed E-state index contributed by atoms with van der Waals surface area (Å²) in [5.41, 5.74) is 1.57. The molecule has 3 heterocycles. The topological polar surface area (TPSA) is 143 Å². The fraction of sp³-hybridized carbons (Fsp3) is 0.393. The van der Waals surface area contributed by atoms with Crippen LogP contribution in [-0.2, 0) is 14.3 Å². The van der Waals surface area contributed by atoms with E-state index in [-0.39, 0.29) is 58.8 Å². The van der Waals surface area contributed by atoms with Crippen molar-refractivity contribution in [3.8, 4) is 11.5 Å². The number of fused-ring (bicyclic) bond motifs is 6. The second-order valence-corrected chi connectivity index (χ2v) is 10.1. The number of ether oxygens (including phenoxy) is 3. The standard InChI is InChI=1S/C28H27NO9/c1-12-9-15-21(16(30)10-12)23-24(29-8-4-7-19(32)38-28(15)29)27(35)22-14(26(23)34)5-3-6-18(22)37-20-11-17(31)25(33)13(2)36-20/h3,5-6,9-10,13,17,20,25,28,30-31,33H,4,7-8,11H2,1-2H3. The first-order valence-electron chi connectivity index (χ1n) is 12.6. The van der Waals surface area contributed by atoms with Gasteiger partial charge in [0, 0.05) is 36.1 Å². The molecule has 1 aliphatic carbocycles. The molecule has 3 N–H and O–H groups in total. The van der Waals surface area contributed by atoms with E-state index < -0.39 is 48.4 Å². The fourth-order valence-corrected chi connectivity index (χ4v) is 5.76. The number of ketones is 2. The minimum absolute atomic E-state index is 0.0255. The second-order valence-electron chi connectivity index (χ2n) is 10.1. The number of allylic oxidation sites excluding steroid dienone is 2. The minimum atomic E-state index is -1.08. The third-order valence-corrected chi connectivity index (χ3v) is 7.51. The Morgan fingerprint density at radius 2 is 1.87 bits per heavy atom. The smallest absolute Gasteiger partial charge is 0.308 e.